The molecule has 0 bridgehead atoms. The first-order valence-electron chi connectivity index (χ1n) is 7.88. The predicted molar refractivity (Wildman–Crippen MR) is 86.1 cm³/mol. The molecule has 1 aromatic rings. The normalized spacial score (nSPS) is 25.4. The van der Waals surface area contributed by atoms with Gasteiger partial charge in [0.25, 0.3) is 0 Å². The van der Waals surface area contributed by atoms with Crippen molar-refractivity contribution in [2.24, 2.45) is 5.92 Å². The van der Waals surface area contributed by atoms with Crippen LogP contribution in [0.2, 0.25) is 0 Å². The van der Waals surface area contributed by atoms with Gasteiger partial charge in [-0.05, 0) is 68.2 Å². The minimum Gasteiger partial charge on any atom is -0.381 e. The number of rotatable bonds is 8. The highest BCUT2D eigenvalue weighted by molar-refractivity contribution is 9.10. The highest BCUT2D eigenvalue weighted by Crippen LogP contribution is 2.37. The molecular weight excluding hydrogens is 314 g/mol. The van der Waals surface area contributed by atoms with Crippen LogP contribution in [-0.2, 0) is 4.74 Å². The Balaban J connectivity index is 1.24. The second-order valence-electron chi connectivity index (χ2n) is 6.25. The largest absolute Gasteiger partial charge is 0.381 e. The zero-order chi connectivity index (χ0) is 13.8. The van der Waals surface area contributed by atoms with E-state index in [0.29, 0.717) is 6.04 Å². The van der Waals surface area contributed by atoms with E-state index in [1.54, 1.807) is 0 Å². The molecule has 0 aliphatic heterocycles. The molecule has 0 spiro atoms. The van der Waals surface area contributed by atoms with Crippen LogP contribution in [0.15, 0.2) is 28.7 Å². The predicted octanol–water partition coefficient (Wildman–Crippen LogP) is 4.10. The topological polar surface area (TPSA) is 21.3 Å². The Hall–Kier alpha value is -0.380. The molecule has 1 N–H and O–H groups in total. The van der Waals surface area contributed by atoms with Gasteiger partial charge in [-0.15, -0.1) is 0 Å². The van der Waals surface area contributed by atoms with Gasteiger partial charge in [0.2, 0.25) is 0 Å². The maximum atomic E-state index is 5.65. The van der Waals surface area contributed by atoms with Gasteiger partial charge >= 0.3 is 0 Å². The molecule has 2 aliphatic rings. The third-order valence-corrected chi connectivity index (χ3v) is 4.90. The zero-order valence-electron chi connectivity index (χ0n) is 12.0. The number of hydrogen-bond donors (Lipinski definition) is 1. The molecule has 2 fully saturated rings. The van der Waals surface area contributed by atoms with Crippen LogP contribution in [0.25, 0.3) is 0 Å². The molecule has 3 heteroatoms. The standard InChI is InChI=1S/C17H24BrNO/c18-16-4-1-3-14(9-16)15-10-17(11-15)19-7-2-8-20-12-13-5-6-13/h1,3-4,9,13,15,17,19H,2,5-8,10-12H2. The molecule has 0 atom stereocenters. The maximum Gasteiger partial charge on any atom is 0.0494 e. The lowest BCUT2D eigenvalue weighted by molar-refractivity contribution is 0.120. The molecule has 110 valence electrons. The molecule has 20 heavy (non-hydrogen) atoms. The van der Waals surface area contributed by atoms with Crippen molar-refractivity contribution >= 4 is 15.9 Å². The summed E-state index contributed by atoms with van der Waals surface area (Å²) in [4.78, 5) is 0. The average molecular weight is 338 g/mol. The van der Waals surface area contributed by atoms with Gasteiger partial charge in [-0.3, -0.25) is 0 Å². The zero-order valence-corrected chi connectivity index (χ0v) is 13.6. The molecular formula is C17H24BrNO. The molecule has 2 saturated carbocycles. The summed E-state index contributed by atoms with van der Waals surface area (Å²) in [5.41, 5.74) is 1.48. The summed E-state index contributed by atoms with van der Waals surface area (Å²) in [6, 6.07) is 9.45. The lowest BCUT2D eigenvalue weighted by atomic mass is 9.76. The quantitative estimate of drug-likeness (QED) is 0.721. The van der Waals surface area contributed by atoms with E-state index in [0.717, 1.165) is 38.0 Å². The van der Waals surface area contributed by atoms with Crippen LogP contribution in [0.5, 0.6) is 0 Å². The smallest absolute Gasteiger partial charge is 0.0494 e. The van der Waals surface area contributed by atoms with Crippen LogP contribution in [0.4, 0.5) is 0 Å². The number of hydrogen-bond acceptors (Lipinski definition) is 2. The van der Waals surface area contributed by atoms with Gasteiger partial charge in [-0.25, -0.2) is 0 Å². The monoisotopic (exact) mass is 337 g/mol. The number of ether oxygens (including phenoxy) is 1. The van der Waals surface area contributed by atoms with E-state index in [9.17, 15) is 0 Å². The SMILES string of the molecule is Brc1cccc(C2CC(NCCCOCC3CC3)C2)c1. The molecule has 2 aliphatic carbocycles. The average Bonchev–Trinajstić information content (AvgIpc) is 3.19. The minimum absolute atomic E-state index is 0.711. The van der Waals surface area contributed by atoms with Crippen molar-refractivity contribution in [2.45, 2.75) is 44.1 Å². The molecule has 0 amide bonds. The number of benzene rings is 1. The van der Waals surface area contributed by atoms with E-state index in [4.69, 9.17) is 4.74 Å². The van der Waals surface area contributed by atoms with Crippen molar-refractivity contribution in [3.63, 3.8) is 0 Å². The van der Waals surface area contributed by atoms with E-state index in [1.165, 1.54) is 35.7 Å². The van der Waals surface area contributed by atoms with Crippen LogP contribution in [0.1, 0.15) is 43.6 Å². The molecule has 0 radical (unpaired) electrons. The van der Waals surface area contributed by atoms with E-state index in [-0.39, 0.29) is 0 Å². The van der Waals surface area contributed by atoms with Crippen molar-refractivity contribution in [1.29, 1.82) is 0 Å². The van der Waals surface area contributed by atoms with Crippen LogP contribution >= 0.6 is 15.9 Å². The first kappa shape index (κ1) is 14.6. The van der Waals surface area contributed by atoms with E-state index in [1.807, 2.05) is 0 Å². The summed E-state index contributed by atoms with van der Waals surface area (Å²) >= 11 is 3.55. The van der Waals surface area contributed by atoms with Gasteiger partial charge in [-0.1, -0.05) is 28.1 Å². The van der Waals surface area contributed by atoms with E-state index >= 15 is 0 Å². The third kappa shape index (κ3) is 4.31. The minimum atomic E-state index is 0.711. The van der Waals surface area contributed by atoms with Gasteiger partial charge in [0.1, 0.15) is 0 Å². The summed E-state index contributed by atoms with van der Waals surface area (Å²) in [5.74, 6) is 1.64. The molecule has 0 unspecified atom stereocenters. The first-order valence-corrected chi connectivity index (χ1v) is 8.67. The molecule has 2 nitrogen and oxygen atoms in total. The molecule has 0 heterocycles. The van der Waals surface area contributed by atoms with Gasteiger partial charge in [0.15, 0.2) is 0 Å². The lowest BCUT2D eigenvalue weighted by Gasteiger charge is -2.36. The second kappa shape index (κ2) is 7.06. The van der Waals surface area contributed by atoms with Gasteiger partial charge < -0.3 is 10.1 Å². The second-order valence-corrected chi connectivity index (χ2v) is 7.16. The summed E-state index contributed by atoms with van der Waals surface area (Å²) < 4.78 is 6.84. The highest BCUT2D eigenvalue weighted by atomic mass is 79.9. The Labute approximate surface area is 130 Å². The summed E-state index contributed by atoms with van der Waals surface area (Å²) in [5, 5.41) is 3.65. The van der Waals surface area contributed by atoms with Gasteiger partial charge in [0.05, 0.1) is 0 Å². The first-order chi connectivity index (χ1) is 9.81. The number of halogens is 1. The lowest BCUT2D eigenvalue weighted by Crippen LogP contribution is -2.40. The Morgan fingerprint density at radius 2 is 2.10 bits per heavy atom. The highest BCUT2D eigenvalue weighted by Gasteiger charge is 2.29. The fourth-order valence-electron chi connectivity index (χ4n) is 2.83. The Bertz CT molecular complexity index is 427. The fourth-order valence-corrected chi connectivity index (χ4v) is 3.25. The maximum absolute atomic E-state index is 5.65. The summed E-state index contributed by atoms with van der Waals surface area (Å²) in [6.45, 7) is 3.01. The van der Waals surface area contributed by atoms with Crippen LogP contribution < -0.4 is 5.32 Å². The third-order valence-electron chi connectivity index (χ3n) is 4.41. The van der Waals surface area contributed by atoms with Crippen molar-refractivity contribution < 1.29 is 4.74 Å². The van der Waals surface area contributed by atoms with Crippen molar-refractivity contribution in [3.05, 3.63) is 34.3 Å². The fraction of sp³-hybridized carbons (Fsp3) is 0.647. The van der Waals surface area contributed by atoms with Crippen molar-refractivity contribution in [1.82, 2.24) is 5.32 Å². The summed E-state index contributed by atoms with van der Waals surface area (Å²) in [7, 11) is 0. The molecule has 1 aromatic carbocycles. The van der Waals surface area contributed by atoms with Gasteiger partial charge in [-0.2, -0.15) is 0 Å². The molecule has 0 saturated heterocycles. The van der Waals surface area contributed by atoms with E-state index in [2.05, 4.69) is 45.5 Å². The van der Waals surface area contributed by atoms with Crippen LogP contribution in [-0.4, -0.2) is 25.8 Å². The Morgan fingerprint density at radius 1 is 1.25 bits per heavy atom. The Morgan fingerprint density at radius 3 is 2.85 bits per heavy atom. The summed E-state index contributed by atoms with van der Waals surface area (Å²) in [6.07, 6.45) is 6.47. The van der Waals surface area contributed by atoms with Crippen molar-refractivity contribution in [3.8, 4) is 0 Å². The molecule has 3 rings (SSSR count). The van der Waals surface area contributed by atoms with Gasteiger partial charge in [0, 0.05) is 23.7 Å². The van der Waals surface area contributed by atoms with E-state index < -0.39 is 0 Å². The van der Waals surface area contributed by atoms with Crippen molar-refractivity contribution in [2.75, 3.05) is 19.8 Å². The van der Waals surface area contributed by atoms with Crippen LogP contribution in [0, 0.1) is 5.92 Å². The van der Waals surface area contributed by atoms with Crippen LogP contribution in [0.3, 0.4) is 0 Å². The number of nitrogens with one attached hydrogen (secondary N) is 1. The Kier molecular flexibility index (Phi) is 5.14. The molecule has 0 aromatic heterocycles.